The molecule has 0 aromatic heterocycles. The summed E-state index contributed by atoms with van der Waals surface area (Å²) in [4.78, 5) is 12.6. The van der Waals surface area contributed by atoms with Crippen molar-refractivity contribution in [2.45, 2.75) is 0 Å². The standard InChI is InChI=1S/C10H12BrNO/c1-12(6-5-11)10-4-2-3-9(7-10)8-13/h2-4,7-8H,5-6H2,1H3. The molecule has 1 rings (SSSR count). The molecular weight excluding hydrogens is 230 g/mol. The Labute approximate surface area is 86.7 Å². The highest BCUT2D eigenvalue weighted by molar-refractivity contribution is 9.09. The summed E-state index contributed by atoms with van der Waals surface area (Å²) in [5.41, 5.74) is 1.79. The Morgan fingerprint density at radius 2 is 2.31 bits per heavy atom. The number of aldehydes is 1. The molecule has 0 saturated carbocycles. The van der Waals surface area contributed by atoms with Gasteiger partial charge in [-0.05, 0) is 12.1 Å². The van der Waals surface area contributed by atoms with Crippen molar-refractivity contribution in [3.8, 4) is 0 Å². The Morgan fingerprint density at radius 1 is 1.54 bits per heavy atom. The van der Waals surface area contributed by atoms with Crippen LogP contribution >= 0.6 is 15.9 Å². The van der Waals surface area contributed by atoms with Crippen molar-refractivity contribution < 1.29 is 4.79 Å². The zero-order valence-corrected chi connectivity index (χ0v) is 9.12. The molecule has 2 nitrogen and oxygen atoms in total. The molecule has 1 aromatic carbocycles. The van der Waals surface area contributed by atoms with E-state index in [4.69, 9.17) is 0 Å². The number of rotatable bonds is 4. The third-order valence-corrected chi connectivity index (χ3v) is 2.22. The van der Waals surface area contributed by atoms with Gasteiger partial charge in [0.05, 0.1) is 0 Å². The molecule has 0 radical (unpaired) electrons. The second kappa shape index (κ2) is 5.02. The fraction of sp³-hybridized carbons (Fsp3) is 0.300. The number of carbonyl (C=O) groups excluding carboxylic acids is 1. The van der Waals surface area contributed by atoms with Crippen LogP contribution in [0.1, 0.15) is 10.4 Å². The quantitative estimate of drug-likeness (QED) is 0.596. The Hall–Kier alpha value is -0.830. The van der Waals surface area contributed by atoms with Crippen LogP contribution in [0.5, 0.6) is 0 Å². The Balaban J connectivity index is 2.81. The topological polar surface area (TPSA) is 20.3 Å². The molecule has 0 aliphatic carbocycles. The van der Waals surface area contributed by atoms with Crippen LogP contribution in [0.4, 0.5) is 5.69 Å². The second-order valence-electron chi connectivity index (χ2n) is 2.82. The van der Waals surface area contributed by atoms with E-state index < -0.39 is 0 Å². The average Bonchev–Trinajstić information content (AvgIpc) is 2.18. The molecule has 1 aromatic rings. The van der Waals surface area contributed by atoms with Crippen molar-refractivity contribution in [3.63, 3.8) is 0 Å². The van der Waals surface area contributed by atoms with Crippen LogP contribution in [-0.4, -0.2) is 25.2 Å². The molecule has 0 amide bonds. The summed E-state index contributed by atoms with van der Waals surface area (Å²) in [5.74, 6) is 0. The van der Waals surface area contributed by atoms with Gasteiger partial charge in [-0.25, -0.2) is 0 Å². The van der Waals surface area contributed by atoms with Crippen LogP contribution in [0.15, 0.2) is 24.3 Å². The molecule has 0 bridgehead atoms. The van der Waals surface area contributed by atoms with Crippen molar-refractivity contribution in [1.82, 2.24) is 0 Å². The first kappa shape index (κ1) is 10.3. The minimum atomic E-state index is 0.721. The highest BCUT2D eigenvalue weighted by Gasteiger charge is 1.99. The van der Waals surface area contributed by atoms with E-state index in [2.05, 4.69) is 20.8 Å². The molecule has 0 atom stereocenters. The summed E-state index contributed by atoms with van der Waals surface area (Å²) in [6.07, 6.45) is 0.867. The molecule has 3 heteroatoms. The van der Waals surface area contributed by atoms with E-state index in [-0.39, 0.29) is 0 Å². The molecular formula is C10H12BrNO. The second-order valence-corrected chi connectivity index (χ2v) is 3.62. The normalized spacial score (nSPS) is 9.69. The summed E-state index contributed by atoms with van der Waals surface area (Å²) < 4.78 is 0. The summed E-state index contributed by atoms with van der Waals surface area (Å²) in [5, 5.41) is 0.925. The Bertz CT molecular complexity index is 288. The van der Waals surface area contributed by atoms with Gasteiger partial charge in [0.15, 0.2) is 0 Å². The van der Waals surface area contributed by atoms with Crippen LogP contribution in [0.2, 0.25) is 0 Å². The van der Waals surface area contributed by atoms with Gasteiger partial charge in [0.25, 0.3) is 0 Å². The van der Waals surface area contributed by atoms with Crippen LogP contribution < -0.4 is 4.90 Å². The Kier molecular flexibility index (Phi) is 3.96. The predicted molar refractivity (Wildman–Crippen MR) is 58.9 cm³/mol. The molecule has 0 spiro atoms. The fourth-order valence-corrected chi connectivity index (χ4v) is 1.62. The van der Waals surface area contributed by atoms with Crippen molar-refractivity contribution >= 4 is 27.9 Å². The van der Waals surface area contributed by atoms with Crippen LogP contribution in [0, 0.1) is 0 Å². The lowest BCUT2D eigenvalue weighted by molar-refractivity contribution is 0.112. The maximum Gasteiger partial charge on any atom is 0.150 e. The van der Waals surface area contributed by atoms with E-state index in [1.54, 1.807) is 6.07 Å². The van der Waals surface area contributed by atoms with E-state index in [0.717, 1.165) is 29.4 Å². The number of nitrogens with zero attached hydrogens (tertiary/aromatic N) is 1. The average molecular weight is 242 g/mol. The molecule has 0 heterocycles. The molecule has 13 heavy (non-hydrogen) atoms. The van der Waals surface area contributed by atoms with Crippen LogP contribution in [0.3, 0.4) is 0 Å². The predicted octanol–water partition coefficient (Wildman–Crippen LogP) is 2.33. The monoisotopic (exact) mass is 241 g/mol. The smallest absolute Gasteiger partial charge is 0.150 e. The first-order valence-corrected chi connectivity index (χ1v) is 5.22. The SMILES string of the molecule is CN(CCBr)c1cccc(C=O)c1. The number of benzene rings is 1. The zero-order chi connectivity index (χ0) is 9.68. The zero-order valence-electron chi connectivity index (χ0n) is 7.53. The lowest BCUT2D eigenvalue weighted by atomic mass is 10.2. The van der Waals surface area contributed by atoms with E-state index in [1.165, 1.54) is 0 Å². The highest BCUT2D eigenvalue weighted by Crippen LogP contribution is 2.13. The molecule has 0 N–H and O–H groups in total. The van der Waals surface area contributed by atoms with Crippen molar-refractivity contribution in [1.29, 1.82) is 0 Å². The van der Waals surface area contributed by atoms with E-state index >= 15 is 0 Å². The van der Waals surface area contributed by atoms with Crippen molar-refractivity contribution in [3.05, 3.63) is 29.8 Å². The summed E-state index contributed by atoms with van der Waals surface area (Å²) >= 11 is 3.37. The van der Waals surface area contributed by atoms with Crippen LogP contribution in [-0.2, 0) is 0 Å². The number of halogens is 1. The summed E-state index contributed by atoms with van der Waals surface area (Å²) in [6, 6.07) is 7.58. The van der Waals surface area contributed by atoms with Crippen molar-refractivity contribution in [2.75, 3.05) is 23.8 Å². The summed E-state index contributed by atoms with van der Waals surface area (Å²) in [7, 11) is 2.01. The third kappa shape index (κ3) is 2.84. The van der Waals surface area contributed by atoms with Gasteiger partial charge < -0.3 is 4.90 Å². The van der Waals surface area contributed by atoms with Crippen molar-refractivity contribution in [2.24, 2.45) is 0 Å². The first-order chi connectivity index (χ1) is 6.27. The summed E-state index contributed by atoms with van der Waals surface area (Å²) in [6.45, 7) is 0.933. The lowest BCUT2D eigenvalue weighted by Gasteiger charge is -2.17. The maximum absolute atomic E-state index is 10.5. The van der Waals surface area contributed by atoms with Gasteiger partial charge in [-0.2, -0.15) is 0 Å². The van der Waals surface area contributed by atoms with Gasteiger partial charge >= 0.3 is 0 Å². The number of anilines is 1. The van der Waals surface area contributed by atoms with Gasteiger partial charge in [-0.3, -0.25) is 4.79 Å². The fourth-order valence-electron chi connectivity index (χ4n) is 1.09. The molecule has 0 aliphatic rings. The number of hydrogen-bond acceptors (Lipinski definition) is 2. The maximum atomic E-state index is 10.5. The number of alkyl halides is 1. The highest BCUT2D eigenvalue weighted by atomic mass is 79.9. The molecule has 0 aliphatic heterocycles. The van der Waals surface area contributed by atoms with Gasteiger partial charge in [0, 0.05) is 30.2 Å². The number of hydrogen-bond donors (Lipinski definition) is 0. The Morgan fingerprint density at radius 3 is 2.92 bits per heavy atom. The largest absolute Gasteiger partial charge is 0.374 e. The minimum Gasteiger partial charge on any atom is -0.374 e. The first-order valence-electron chi connectivity index (χ1n) is 4.10. The molecule has 70 valence electrons. The van der Waals surface area contributed by atoms with Crippen LogP contribution in [0.25, 0.3) is 0 Å². The van der Waals surface area contributed by atoms with Gasteiger partial charge in [0.2, 0.25) is 0 Å². The minimum absolute atomic E-state index is 0.721. The molecule has 0 fully saturated rings. The van der Waals surface area contributed by atoms with Gasteiger partial charge in [-0.15, -0.1) is 0 Å². The van der Waals surface area contributed by atoms with E-state index in [0.29, 0.717) is 0 Å². The van der Waals surface area contributed by atoms with E-state index in [1.807, 2.05) is 25.2 Å². The molecule has 0 saturated heterocycles. The lowest BCUT2D eigenvalue weighted by Crippen LogP contribution is -2.19. The third-order valence-electron chi connectivity index (χ3n) is 1.87. The van der Waals surface area contributed by atoms with Gasteiger partial charge in [0.1, 0.15) is 6.29 Å². The van der Waals surface area contributed by atoms with E-state index in [9.17, 15) is 4.79 Å². The van der Waals surface area contributed by atoms with Gasteiger partial charge in [-0.1, -0.05) is 28.1 Å². The molecule has 0 unspecified atom stereocenters. The number of carbonyl (C=O) groups is 1.